The number of hydrogen-bond donors (Lipinski definition) is 0. The Morgan fingerprint density at radius 1 is 1.21 bits per heavy atom. The van der Waals surface area contributed by atoms with Gasteiger partial charge >= 0.3 is 6.09 Å². The van der Waals surface area contributed by atoms with Gasteiger partial charge in [-0.1, -0.05) is 0 Å². The molecule has 1 aromatic rings. The zero-order valence-electron chi connectivity index (χ0n) is 14.9. The molecule has 7 heteroatoms. The number of ether oxygens (including phenoxy) is 1. The van der Waals surface area contributed by atoms with Gasteiger partial charge in [0, 0.05) is 56.6 Å². The highest BCUT2D eigenvalue weighted by Crippen LogP contribution is 2.22. The standard InChI is InChI=1S/C17H27N5O2/c1-4-24-17(23)22-6-5-15(11-22)20-7-9-21(10-8-20)16-13(2)14(3)18-12-19-16/h12,15H,4-11H2,1-3H3. The molecule has 0 saturated carbocycles. The van der Waals surface area contributed by atoms with E-state index in [1.165, 1.54) is 5.56 Å². The van der Waals surface area contributed by atoms with E-state index in [1.807, 2.05) is 18.7 Å². The van der Waals surface area contributed by atoms with E-state index in [2.05, 4.69) is 26.7 Å². The van der Waals surface area contributed by atoms with Crippen LogP contribution in [0.1, 0.15) is 24.6 Å². The monoisotopic (exact) mass is 333 g/mol. The molecule has 7 nitrogen and oxygen atoms in total. The largest absolute Gasteiger partial charge is 0.450 e. The number of likely N-dealkylation sites (tertiary alicyclic amines) is 1. The molecule has 1 amide bonds. The van der Waals surface area contributed by atoms with Crippen LogP contribution in [0.4, 0.5) is 10.6 Å². The van der Waals surface area contributed by atoms with Crippen LogP contribution in [-0.4, -0.2) is 77.8 Å². The van der Waals surface area contributed by atoms with Crippen LogP contribution in [0.25, 0.3) is 0 Å². The van der Waals surface area contributed by atoms with E-state index >= 15 is 0 Å². The minimum Gasteiger partial charge on any atom is -0.450 e. The zero-order valence-corrected chi connectivity index (χ0v) is 14.9. The molecule has 132 valence electrons. The third-order valence-electron chi connectivity index (χ3n) is 5.13. The van der Waals surface area contributed by atoms with Gasteiger partial charge in [-0.15, -0.1) is 0 Å². The maximum absolute atomic E-state index is 11.8. The Morgan fingerprint density at radius 3 is 2.67 bits per heavy atom. The number of rotatable bonds is 3. The second kappa shape index (κ2) is 7.34. The first-order valence-electron chi connectivity index (χ1n) is 8.79. The molecule has 0 N–H and O–H groups in total. The summed E-state index contributed by atoms with van der Waals surface area (Å²) >= 11 is 0. The van der Waals surface area contributed by atoms with E-state index in [9.17, 15) is 4.79 Å². The molecule has 3 heterocycles. The molecule has 2 saturated heterocycles. The van der Waals surface area contributed by atoms with Gasteiger partial charge in [0.15, 0.2) is 0 Å². The van der Waals surface area contributed by atoms with E-state index in [0.29, 0.717) is 12.6 Å². The summed E-state index contributed by atoms with van der Waals surface area (Å²) < 4.78 is 5.11. The van der Waals surface area contributed by atoms with Gasteiger partial charge in [0.1, 0.15) is 12.1 Å². The molecule has 2 fully saturated rings. The van der Waals surface area contributed by atoms with Crippen molar-refractivity contribution in [2.45, 2.75) is 33.2 Å². The summed E-state index contributed by atoms with van der Waals surface area (Å²) in [5, 5.41) is 0. The third kappa shape index (κ3) is 3.45. The Hall–Kier alpha value is -1.89. The van der Waals surface area contributed by atoms with Crippen LogP contribution in [-0.2, 0) is 4.74 Å². The SMILES string of the molecule is CCOC(=O)N1CCC(N2CCN(c3ncnc(C)c3C)CC2)C1. The van der Waals surface area contributed by atoms with Crippen molar-refractivity contribution in [3.05, 3.63) is 17.6 Å². The van der Waals surface area contributed by atoms with Crippen LogP contribution in [0.15, 0.2) is 6.33 Å². The highest BCUT2D eigenvalue weighted by molar-refractivity contribution is 5.68. The molecule has 0 aromatic carbocycles. The zero-order chi connectivity index (χ0) is 17.1. The van der Waals surface area contributed by atoms with Crippen LogP contribution in [0.2, 0.25) is 0 Å². The first-order valence-corrected chi connectivity index (χ1v) is 8.79. The number of hydrogen-bond acceptors (Lipinski definition) is 6. The van der Waals surface area contributed by atoms with Gasteiger partial charge in [0.25, 0.3) is 0 Å². The summed E-state index contributed by atoms with van der Waals surface area (Å²) in [7, 11) is 0. The number of nitrogens with zero attached hydrogens (tertiary/aromatic N) is 5. The van der Waals surface area contributed by atoms with E-state index in [-0.39, 0.29) is 6.09 Å². The van der Waals surface area contributed by atoms with Crippen LogP contribution < -0.4 is 4.90 Å². The topological polar surface area (TPSA) is 61.8 Å². The first-order chi connectivity index (χ1) is 11.6. The second-order valence-corrected chi connectivity index (χ2v) is 6.52. The number of amides is 1. The number of aryl methyl sites for hydroxylation is 1. The van der Waals surface area contributed by atoms with Gasteiger partial charge < -0.3 is 14.5 Å². The Balaban J connectivity index is 1.54. The summed E-state index contributed by atoms with van der Waals surface area (Å²) in [4.78, 5) is 27.2. The fraction of sp³-hybridized carbons (Fsp3) is 0.706. The number of piperazine rings is 1. The summed E-state index contributed by atoms with van der Waals surface area (Å²) in [6.07, 6.45) is 2.51. The molecule has 1 atom stereocenters. The number of carbonyl (C=O) groups is 1. The Morgan fingerprint density at radius 2 is 1.96 bits per heavy atom. The van der Waals surface area contributed by atoms with E-state index in [1.54, 1.807) is 6.33 Å². The first kappa shape index (κ1) is 17.0. The molecule has 0 spiro atoms. The van der Waals surface area contributed by atoms with E-state index < -0.39 is 0 Å². The minimum atomic E-state index is -0.175. The fourth-order valence-corrected chi connectivity index (χ4v) is 3.56. The molecule has 1 unspecified atom stereocenters. The van der Waals surface area contributed by atoms with E-state index in [0.717, 1.165) is 57.2 Å². The van der Waals surface area contributed by atoms with E-state index in [4.69, 9.17) is 4.74 Å². The molecular formula is C17H27N5O2. The highest BCUT2D eigenvalue weighted by atomic mass is 16.6. The number of anilines is 1. The normalized spacial score (nSPS) is 22.0. The van der Waals surface area contributed by atoms with Crippen LogP contribution in [0, 0.1) is 13.8 Å². The summed E-state index contributed by atoms with van der Waals surface area (Å²) in [6.45, 7) is 11.9. The van der Waals surface area contributed by atoms with Crippen molar-refractivity contribution in [1.29, 1.82) is 0 Å². The number of aromatic nitrogens is 2. The predicted octanol–water partition coefficient (Wildman–Crippen LogP) is 1.45. The Kier molecular flexibility index (Phi) is 5.18. The molecule has 3 rings (SSSR count). The van der Waals surface area contributed by atoms with Crippen molar-refractivity contribution in [3.8, 4) is 0 Å². The lowest BCUT2D eigenvalue weighted by Gasteiger charge is -2.38. The van der Waals surface area contributed by atoms with Gasteiger partial charge in [-0.2, -0.15) is 0 Å². The van der Waals surface area contributed by atoms with Gasteiger partial charge in [-0.3, -0.25) is 4.90 Å². The predicted molar refractivity (Wildman–Crippen MR) is 92.3 cm³/mol. The molecule has 1 aromatic heterocycles. The minimum absolute atomic E-state index is 0.175. The van der Waals surface area contributed by atoms with Gasteiger partial charge in [0.05, 0.1) is 6.61 Å². The summed E-state index contributed by atoms with van der Waals surface area (Å²) in [5.41, 5.74) is 2.21. The van der Waals surface area contributed by atoms with Crippen LogP contribution >= 0.6 is 0 Å². The molecular weight excluding hydrogens is 306 g/mol. The van der Waals surface area contributed by atoms with Crippen molar-refractivity contribution >= 4 is 11.9 Å². The second-order valence-electron chi connectivity index (χ2n) is 6.52. The molecule has 2 aliphatic heterocycles. The average molecular weight is 333 g/mol. The summed E-state index contributed by atoms with van der Waals surface area (Å²) in [5.74, 6) is 1.06. The van der Waals surface area contributed by atoms with Crippen LogP contribution in [0.5, 0.6) is 0 Å². The van der Waals surface area contributed by atoms with Crippen molar-refractivity contribution in [3.63, 3.8) is 0 Å². The molecule has 0 bridgehead atoms. The molecule has 2 aliphatic rings. The lowest BCUT2D eigenvalue weighted by Crippen LogP contribution is -2.51. The van der Waals surface area contributed by atoms with Gasteiger partial charge in [-0.25, -0.2) is 14.8 Å². The maximum atomic E-state index is 11.8. The number of carbonyl (C=O) groups excluding carboxylic acids is 1. The lowest BCUT2D eigenvalue weighted by atomic mass is 10.1. The summed E-state index contributed by atoms with van der Waals surface area (Å²) in [6, 6.07) is 0.449. The quantitative estimate of drug-likeness (QED) is 0.834. The van der Waals surface area contributed by atoms with Crippen molar-refractivity contribution in [1.82, 2.24) is 19.8 Å². The molecule has 0 radical (unpaired) electrons. The van der Waals surface area contributed by atoms with Crippen molar-refractivity contribution < 1.29 is 9.53 Å². The lowest BCUT2D eigenvalue weighted by molar-refractivity contribution is 0.110. The van der Waals surface area contributed by atoms with Gasteiger partial charge in [-0.05, 0) is 27.2 Å². The van der Waals surface area contributed by atoms with Gasteiger partial charge in [0.2, 0.25) is 0 Å². The molecule has 0 aliphatic carbocycles. The van der Waals surface area contributed by atoms with Crippen molar-refractivity contribution in [2.75, 3.05) is 50.8 Å². The van der Waals surface area contributed by atoms with Crippen LogP contribution in [0.3, 0.4) is 0 Å². The maximum Gasteiger partial charge on any atom is 0.409 e. The van der Waals surface area contributed by atoms with Crippen molar-refractivity contribution in [2.24, 2.45) is 0 Å². The Labute approximate surface area is 143 Å². The highest BCUT2D eigenvalue weighted by Gasteiger charge is 2.33. The smallest absolute Gasteiger partial charge is 0.409 e. The Bertz CT molecular complexity index is 586. The fourth-order valence-electron chi connectivity index (χ4n) is 3.56. The molecule has 24 heavy (non-hydrogen) atoms. The third-order valence-corrected chi connectivity index (χ3v) is 5.13. The average Bonchev–Trinajstić information content (AvgIpc) is 3.08.